The molecule has 1 heterocycles. The molecule has 0 bridgehead atoms. The van der Waals surface area contributed by atoms with Gasteiger partial charge in [0, 0.05) is 6.07 Å². The van der Waals surface area contributed by atoms with Crippen LogP contribution < -0.4 is 10.3 Å². The zero-order valence-electron chi connectivity index (χ0n) is 13.7. The van der Waals surface area contributed by atoms with Crippen molar-refractivity contribution in [3.05, 3.63) is 63.8 Å². The number of halogens is 1. The van der Waals surface area contributed by atoms with E-state index >= 15 is 0 Å². The number of hydrogen-bond acceptors (Lipinski definition) is 5. The number of carbonyl (C=O) groups is 1. The summed E-state index contributed by atoms with van der Waals surface area (Å²) >= 11 is 6.15. The van der Waals surface area contributed by atoms with Crippen molar-refractivity contribution < 1.29 is 19.0 Å². The fourth-order valence-corrected chi connectivity index (χ4v) is 3.03. The lowest BCUT2D eigenvalue weighted by atomic mass is 9.86. The minimum atomic E-state index is -0.380. The summed E-state index contributed by atoms with van der Waals surface area (Å²) in [4.78, 5) is 34.5. The van der Waals surface area contributed by atoms with Gasteiger partial charge in [0.2, 0.25) is 0 Å². The minimum absolute atomic E-state index is 0.0976. The highest BCUT2D eigenvalue weighted by atomic mass is 35.5. The third kappa shape index (κ3) is 3.06. The summed E-state index contributed by atoms with van der Waals surface area (Å²) in [5, 5.41) is 0.743. The second-order valence-corrected chi connectivity index (χ2v) is 6.61. The van der Waals surface area contributed by atoms with Crippen LogP contribution in [0, 0.1) is 5.92 Å². The molecule has 0 spiro atoms. The molecule has 0 aliphatic heterocycles. The summed E-state index contributed by atoms with van der Waals surface area (Å²) in [7, 11) is 0. The molecule has 0 N–H and O–H groups in total. The van der Waals surface area contributed by atoms with Crippen molar-refractivity contribution in [3.8, 4) is 17.1 Å². The molecule has 0 saturated heterocycles. The Morgan fingerprint density at radius 3 is 2.69 bits per heavy atom. The average molecular weight is 371 g/mol. The highest BCUT2D eigenvalue weighted by Gasteiger charge is 2.28. The maximum atomic E-state index is 12.4. The van der Waals surface area contributed by atoms with Gasteiger partial charge in [-0.2, -0.15) is 0 Å². The van der Waals surface area contributed by atoms with Gasteiger partial charge in [0.05, 0.1) is 21.9 Å². The number of carbonyl (C=O) groups excluding carboxylic acids is 1. The molecule has 0 radical (unpaired) electrons. The highest BCUT2D eigenvalue weighted by molar-refractivity contribution is 6.34. The van der Waals surface area contributed by atoms with Crippen molar-refractivity contribution in [2.45, 2.75) is 19.3 Å². The first kappa shape index (κ1) is 16.7. The summed E-state index contributed by atoms with van der Waals surface area (Å²) in [6.45, 7) is 0. The van der Waals surface area contributed by atoms with Crippen molar-refractivity contribution in [1.82, 2.24) is 0 Å². The van der Waals surface area contributed by atoms with Crippen LogP contribution in [0.25, 0.3) is 22.3 Å². The topological polar surface area (TPSA) is 65.7 Å². The van der Waals surface area contributed by atoms with E-state index in [1.165, 1.54) is 6.07 Å². The van der Waals surface area contributed by atoms with Crippen molar-refractivity contribution in [2.24, 2.45) is 5.92 Å². The zero-order valence-corrected chi connectivity index (χ0v) is 14.5. The Labute approximate surface area is 154 Å². The van der Waals surface area contributed by atoms with Gasteiger partial charge >= 0.3 is 5.97 Å². The molecule has 0 atom stereocenters. The number of benzene rings is 2. The van der Waals surface area contributed by atoms with E-state index in [2.05, 4.69) is 0 Å². The molecule has 1 aliphatic rings. The normalized spacial score (nSPS) is 14.0. The van der Waals surface area contributed by atoms with Gasteiger partial charge in [-0.1, -0.05) is 36.2 Å². The van der Waals surface area contributed by atoms with Crippen molar-refractivity contribution in [1.29, 1.82) is 0 Å². The van der Waals surface area contributed by atoms with Crippen LogP contribution in [0.1, 0.15) is 19.3 Å². The minimum Gasteiger partial charge on any atom is -0.454 e. The zero-order chi connectivity index (χ0) is 18.1. The van der Waals surface area contributed by atoms with Crippen LogP contribution in [0.4, 0.5) is 0 Å². The number of para-hydroxylation sites is 2. The predicted octanol–water partition coefficient (Wildman–Crippen LogP) is 4.75. The molecule has 4 rings (SSSR count). The quantitative estimate of drug-likeness (QED) is 0.489. The van der Waals surface area contributed by atoms with E-state index in [1.54, 1.807) is 42.5 Å². The summed E-state index contributed by atoms with van der Waals surface area (Å²) in [6, 6.07) is 13.2. The highest BCUT2D eigenvalue weighted by Crippen LogP contribution is 2.33. The first-order valence-electron chi connectivity index (χ1n) is 8.33. The molecule has 1 aliphatic carbocycles. The summed E-state index contributed by atoms with van der Waals surface area (Å²) < 4.78 is 5.83. The van der Waals surface area contributed by atoms with Crippen LogP contribution in [0.2, 0.25) is 5.02 Å². The van der Waals surface area contributed by atoms with Crippen LogP contribution in [0.5, 0.6) is 5.75 Å². The molecular formula is C20H15ClO5. The molecule has 0 unspecified atom stereocenters. The molecule has 132 valence electrons. The van der Waals surface area contributed by atoms with Gasteiger partial charge in [0.15, 0.2) is 16.8 Å². The van der Waals surface area contributed by atoms with Gasteiger partial charge in [0.25, 0.3) is 0 Å². The molecule has 0 amide bonds. The van der Waals surface area contributed by atoms with Gasteiger partial charge in [0.1, 0.15) is 5.76 Å². The Hall–Kier alpha value is -2.79. The van der Waals surface area contributed by atoms with E-state index in [1.807, 2.05) is 0 Å². The monoisotopic (exact) mass is 370 g/mol. The second-order valence-electron chi connectivity index (χ2n) is 6.20. The van der Waals surface area contributed by atoms with Crippen LogP contribution >= 0.6 is 11.6 Å². The fraction of sp³-hybridized carbons (Fsp3) is 0.200. The summed E-state index contributed by atoms with van der Waals surface area (Å²) in [5.41, 5.74) is 0.579. The van der Waals surface area contributed by atoms with Crippen LogP contribution in [0.3, 0.4) is 0 Å². The Kier molecular flexibility index (Phi) is 4.39. The summed E-state index contributed by atoms with van der Waals surface area (Å²) in [6.07, 6.45) is 2.67. The molecule has 1 aromatic heterocycles. The molecular weight excluding hydrogens is 356 g/mol. The molecule has 3 aromatic rings. The van der Waals surface area contributed by atoms with Crippen LogP contribution in [-0.2, 0) is 9.68 Å². The third-order valence-corrected chi connectivity index (χ3v) is 4.81. The fourth-order valence-electron chi connectivity index (χ4n) is 2.82. The molecule has 1 saturated carbocycles. The molecule has 6 heteroatoms. The SMILES string of the molecule is O=C(OOc1ccccc1-c1cc(=O)c2cccc(Cl)c2o1)C1CCC1. The van der Waals surface area contributed by atoms with E-state index < -0.39 is 0 Å². The van der Waals surface area contributed by atoms with Crippen molar-refractivity contribution in [2.75, 3.05) is 0 Å². The molecule has 26 heavy (non-hydrogen) atoms. The first-order chi connectivity index (χ1) is 12.6. The van der Waals surface area contributed by atoms with Gasteiger partial charge in [-0.3, -0.25) is 14.6 Å². The van der Waals surface area contributed by atoms with E-state index in [0.29, 0.717) is 21.6 Å². The van der Waals surface area contributed by atoms with E-state index in [4.69, 9.17) is 25.8 Å². The lowest BCUT2D eigenvalue weighted by molar-refractivity contribution is -0.221. The smallest absolute Gasteiger partial charge is 0.358 e. The third-order valence-electron chi connectivity index (χ3n) is 4.51. The lowest BCUT2D eigenvalue weighted by Crippen LogP contribution is -2.25. The Balaban J connectivity index is 1.69. The average Bonchev–Trinajstić information content (AvgIpc) is 2.59. The lowest BCUT2D eigenvalue weighted by Gasteiger charge is -2.22. The second kappa shape index (κ2) is 6.84. The van der Waals surface area contributed by atoms with Gasteiger partial charge in [-0.25, -0.2) is 4.79 Å². The first-order valence-corrected chi connectivity index (χ1v) is 8.71. The Morgan fingerprint density at radius 2 is 1.92 bits per heavy atom. The van der Waals surface area contributed by atoms with E-state index in [-0.39, 0.29) is 28.8 Å². The van der Waals surface area contributed by atoms with Crippen LogP contribution in [-0.4, -0.2) is 5.97 Å². The number of hydrogen-bond donors (Lipinski definition) is 0. The Morgan fingerprint density at radius 1 is 1.12 bits per heavy atom. The molecule has 1 fully saturated rings. The maximum Gasteiger partial charge on any atom is 0.358 e. The standard InChI is InChI=1S/C20H15ClO5/c21-15-9-4-8-13-16(22)11-18(24-19(13)15)14-7-1-2-10-17(14)25-26-20(23)12-5-3-6-12/h1-2,4,7-12H,3,5-6H2. The Bertz CT molecular complexity index is 1040. The molecule has 2 aromatic carbocycles. The van der Waals surface area contributed by atoms with Gasteiger partial charge < -0.3 is 4.42 Å². The number of fused-ring (bicyclic) bond motifs is 1. The van der Waals surface area contributed by atoms with Gasteiger partial charge in [-0.15, -0.1) is 0 Å². The largest absolute Gasteiger partial charge is 0.454 e. The van der Waals surface area contributed by atoms with Crippen molar-refractivity contribution >= 4 is 28.5 Å². The van der Waals surface area contributed by atoms with E-state index in [0.717, 1.165) is 19.3 Å². The maximum absolute atomic E-state index is 12.4. The van der Waals surface area contributed by atoms with Gasteiger partial charge in [-0.05, 0) is 37.1 Å². The number of rotatable bonds is 4. The van der Waals surface area contributed by atoms with Crippen LogP contribution in [0.15, 0.2) is 57.7 Å². The predicted molar refractivity (Wildman–Crippen MR) is 97.0 cm³/mol. The summed E-state index contributed by atoms with van der Waals surface area (Å²) in [5.74, 6) is 0.0919. The van der Waals surface area contributed by atoms with Crippen molar-refractivity contribution in [3.63, 3.8) is 0 Å². The van der Waals surface area contributed by atoms with E-state index in [9.17, 15) is 9.59 Å². The molecule has 5 nitrogen and oxygen atoms in total.